The maximum absolute atomic E-state index is 11.9. The summed E-state index contributed by atoms with van der Waals surface area (Å²) in [4.78, 5) is 16.0. The molecule has 0 radical (unpaired) electrons. The van der Waals surface area contributed by atoms with E-state index >= 15 is 0 Å². The van der Waals surface area contributed by atoms with Gasteiger partial charge in [-0.1, -0.05) is 24.4 Å². The van der Waals surface area contributed by atoms with Crippen molar-refractivity contribution in [2.75, 3.05) is 12.4 Å². The number of amides is 1. The van der Waals surface area contributed by atoms with Gasteiger partial charge in [0.05, 0.1) is 5.02 Å². The fraction of sp³-hybridized carbons (Fsp3) is 0.571. The molecule has 2 rings (SSSR count). The summed E-state index contributed by atoms with van der Waals surface area (Å²) in [7, 11) is 0. The molecule has 1 aromatic rings. The fourth-order valence-electron chi connectivity index (χ4n) is 2.58. The molecular weight excluding hydrogens is 283 g/mol. The number of aromatic nitrogens is 1. The Labute approximate surface area is 123 Å². The number of nitrogens with one attached hydrogen (secondary N) is 1. The molecule has 1 N–H and O–H groups in total. The Hall–Kier alpha value is -0.800. The zero-order valence-electron chi connectivity index (χ0n) is 10.7. The van der Waals surface area contributed by atoms with Gasteiger partial charge in [0.15, 0.2) is 0 Å². The van der Waals surface area contributed by atoms with E-state index in [0.717, 1.165) is 6.42 Å². The van der Waals surface area contributed by atoms with Crippen LogP contribution in [0.25, 0.3) is 0 Å². The van der Waals surface area contributed by atoms with E-state index in [2.05, 4.69) is 10.3 Å². The first-order valence-corrected chi connectivity index (χ1v) is 7.57. The molecule has 0 aliphatic heterocycles. The van der Waals surface area contributed by atoms with E-state index in [1.54, 1.807) is 12.1 Å². The topological polar surface area (TPSA) is 42.0 Å². The smallest absolute Gasteiger partial charge is 0.269 e. The SMILES string of the molecule is O=C(NCC1CCCCC1CCl)c1ccc(Cl)cn1. The number of alkyl halides is 1. The molecule has 0 spiro atoms. The molecule has 0 bridgehead atoms. The number of carbonyl (C=O) groups is 1. The van der Waals surface area contributed by atoms with Crippen molar-refractivity contribution in [2.45, 2.75) is 25.7 Å². The van der Waals surface area contributed by atoms with Gasteiger partial charge in [-0.05, 0) is 36.8 Å². The number of carbonyl (C=O) groups excluding carboxylic acids is 1. The monoisotopic (exact) mass is 300 g/mol. The Morgan fingerprint density at radius 2 is 2.05 bits per heavy atom. The van der Waals surface area contributed by atoms with Crippen molar-refractivity contribution in [2.24, 2.45) is 11.8 Å². The van der Waals surface area contributed by atoms with Crippen LogP contribution in [0.15, 0.2) is 18.3 Å². The molecule has 1 aliphatic rings. The summed E-state index contributed by atoms with van der Waals surface area (Å²) in [5, 5.41) is 3.48. The third kappa shape index (κ3) is 4.08. The maximum Gasteiger partial charge on any atom is 0.269 e. The number of hydrogen-bond donors (Lipinski definition) is 1. The summed E-state index contributed by atoms with van der Waals surface area (Å²) in [6.07, 6.45) is 6.28. The number of hydrogen-bond acceptors (Lipinski definition) is 2. The van der Waals surface area contributed by atoms with E-state index in [1.165, 1.54) is 25.5 Å². The summed E-state index contributed by atoms with van der Waals surface area (Å²) in [6, 6.07) is 3.31. The first-order valence-electron chi connectivity index (χ1n) is 6.66. The minimum absolute atomic E-state index is 0.143. The van der Waals surface area contributed by atoms with E-state index in [1.807, 2.05) is 0 Å². The minimum atomic E-state index is -0.143. The van der Waals surface area contributed by atoms with Gasteiger partial charge in [-0.25, -0.2) is 4.98 Å². The van der Waals surface area contributed by atoms with Gasteiger partial charge in [0.1, 0.15) is 5.69 Å². The predicted octanol–water partition coefficient (Wildman–Crippen LogP) is 3.51. The highest BCUT2D eigenvalue weighted by atomic mass is 35.5. The van der Waals surface area contributed by atoms with E-state index < -0.39 is 0 Å². The Morgan fingerprint density at radius 3 is 2.68 bits per heavy atom. The van der Waals surface area contributed by atoms with Crippen LogP contribution in [0.4, 0.5) is 0 Å². The number of halogens is 2. The molecule has 0 aromatic carbocycles. The lowest BCUT2D eigenvalue weighted by molar-refractivity contribution is 0.0931. The Bertz CT molecular complexity index is 422. The van der Waals surface area contributed by atoms with E-state index in [0.29, 0.717) is 35.0 Å². The number of rotatable bonds is 4. The van der Waals surface area contributed by atoms with Crippen molar-refractivity contribution >= 4 is 29.1 Å². The highest BCUT2D eigenvalue weighted by molar-refractivity contribution is 6.30. The van der Waals surface area contributed by atoms with Gasteiger partial charge in [0.2, 0.25) is 0 Å². The van der Waals surface area contributed by atoms with Gasteiger partial charge in [-0.2, -0.15) is 0 Å². The molecule has 0 saturated heterocycles. The zero-order valence-corrected chi connectivity index (χ0v) is 12.3. The normalized spacial score (nSPS) is 23.1. The molecule has 1 amide bonds. The lowest BCUT2D eigenvalue weighted by Gasteiger charge is -2.30. The molecule has 3 nitrogen and oxygen atoms in total. The Balaban J connectivity index is 1.87. The van der Waals surface area contributed by atoms with Crippen LogP contribution in [0.1, 0.15) is 36.2 Å². The van der Waals surface area contributed by atoms with Crippen LogP contribution in [-0.4, -0.2) is 23.3 Å². The summed E-state index contributed by atoms with van der Waals surface area (Å²) < 4.78 is 0. The van der Waals surface area contributed by atoms with Gasteiger partial charge in [0, 0.05) is 18.6 Å². The van der Waals surface area contributed by atoms with Crippen LogP contribution < -0.4 is 5.32 Å². The standard InChI is InChI=1S/C14H18Cl2N2O/c15-7-10-3-1-2-4-11(10)8-18-14(19)13-6-5-12(16)9-17-13/h5-6,9-11H,1-4,7-8H2,(H,18,19). The third-order valence-corrected chi connectivity index (χ3v) is 4.37. The third-order valence-electron chi connectivity index (χ3n) is 3.75. The van der Waals surface area contributed by atoms with Crippen LogP contribution in [-0.2, 0) is 0 Å². The average molecular weight is 301 g/mol. The summed E-state index contributed by atoms with van der Waals surface area (Å²) >= 11 is 11.7. The average Bonchev–Trinajstić information content (AvgIpc) is 2.45. The highest BCUT2D eigenvalue weighted by Crippen LogP contribution is 2.30. The van der Waals surface area contributed by atoms with Gasteiger partial charge in [-0.15, -0.1) is 11.6 Å². The molecule has 1 aromatic heterocycles. The van der Waals surface area contributed by atoms with Gasteiger partial charge < -0.3 is 5.32 Å². The molecule has 2 unspecified atom stereocenters. The molecule has 2 atom stereocenters. The van der Waals surface area contributed by atoms with Crippen molar-refractivity contribution < 1.29 is 4.79 Å². The van der Waals surface area contributed by atoms with E-state index in [4.69, 9.17) is 23.2 Å². The zero-order chi connectivity index (χ0) is 13.7. The second-order valence-electron chi connectivity index (χ2n) is 5.03. The lowest BCUT2D eigenvalue weighted by Crippen LogP contribution is -2.35. The van der Waals surface area contributed by atoms with Crippen LogP contribution in [0, 0.1) is 11.8 Å². The van der Waals surface area contributed by atoms with E-state index in [-0.39, 0.29) is 5.91 Å². The Morgan fingerprint density at radius 1 is 1.32 bits per heavy atom. The van der Waals surface area contributed by atoms with E-state index in [9.17, 15) is 4.79 Å². The highest BCUT2D eigenvalue weighted by Gasteiger charge is 2.24. The summed E-state index contributed by atoms with van der Waals surface area (Å²) in [5.74, 6) is 1.55. The van der Waals surface area contributed by atoms with Gasteiger partial charge in [-0.3, -0.25) is 4.79 Å². The van der Waals surface area contributed by atoms with Crippen molar-refractivity contribution in [1.82, 2.24) is 10.3 Å². The quantitative estimate of drug-likeness (QED) is 0.865. The van der Waals surface area contributed by atoms with Crippen molar-refractivity contribution in [1.29, 1.82) is 0 Å². The molecule has 104 valence electrons. The molecule has 1 heterocycles. The molecule has 19 heavy (non-hydrogen) atoms. The Kier molecular flexibility index (Phi) is 5.46. The second-order valence-corrected chi connectivity index (χ2v) is 5.78. The fourth-order valence-corrected chi connectivity index (χ4v) is 3.10. The van der Waals surface area contributed by atoms with Crippen LogP contribution in [0.2, 0.25) is 5.02 Å². The lowest BCUT2D eigenvalue weighted by atomic mass is 9.80. The maximum atomic E-state index is 11.9. The van der Waals surface area contributed by atoms with Crippen LogP contribution >= 0.6 is 23.2 Å². The van der Waals surface area contributed by atoms with Crippen LogP contribution in [0.5, 0.6) is 0 Å². The number of nitrogens with zero attached hydrogens (tertiary/aromatic N) is 1. The van der Waals surface area contributed by atoms with Gasteiger partial charge >= 0.3 is 0 Å². The molecule has 1 aliphatic carbocycles. The predicted molar refractivity (Wildman–Crippen MR) is 77.7 cm³/mol. The first-order chi connectivity index (χ1) is 9.20. The molecule has 5 heteroatoms. The first kappa shape index (κ1) is 14.6. The summed E-state index contributed by atoms with van der Waals surface area (Å²) in [6.45, 7) is 0.681. The molecule has 1 fully saturated rings. The summed E-state index contributed by atoms with van der Waals surface area (Å²) in [5.41, 5.74) is 0.405. The van der Waals surface area contributed by atoms with Crippen LogP contribution in [0.3, 0.4) is 0 Å². The minimum Gasteiger partial charge on any atom is -0.350 e. The van der Waals surface area contributed by atoms with Crippen molar-refractivity contribution in [3.8, 4) is 0 Å². The van der Waals surface area contributed by atoms with Gasteiger partial charge in [0.25, 0.3) is 5.91 Å². The molecule has 1 saturated carbocycles. The largest absolute Gasteiger partial charge is 0.350 e. The second kappa shape index (κ2) is 7.11. The molecular formula is C14H18Cl2N2O. The van der Waals surface area contributed by atoms with Crippen molar-refractivity contribution in [3.63, 3.8) is 0 Å². The van der Waals surface area contributed by atoms with Crippen molar-refractivity contribution in [3.05, 3.63) is 29.0 Å². The number of pyridine rings is 1.